The van der Waals surface area contributed by atoms with Crippen molar-refractivity contribution in [1.82, 2.24) is 14.8 Å². The Balaban J connectivity index is 1.82. The number of halogens is 1. The van der Waals surface area contributed by atoms with Gasteiger partial charge in [0.1, 0.15) is 5.39 Å². The highest BCUT2D eigenvalue weighted by Gasteiger charge is 2.30. The van der Waals surface area contributed by atoms with Gasteiger partial charge in [0, 0.05) is 24.7 Å². The first kappa shape index (κ1) is 19.6. The van der Waals surface area contributed by atoms with Gasteiger partial charge in [-0.2, -0.15) is 10.4 Å². The van der Waals surface area contributed by atoms with E-state index in [0.29, 0.717) is 52.0 Å². The Labute approximate surface area is 173 Å². The van der Waals surface area contributed by atoms with Crippen LogP contribution < -0.4 is 10.9 Å². The van der Waals surface area contributed by atoms with Crippen LogP contribution in [-0.2, 0) is 15.5 Å². The Morgan fingerprint density at radius 3 is 3.03 bits per heavy atom. The fourth-order valence-electron chi connectivity index (χ4n) is 3.49. The van der Waals surface area contributed by atoms with E-state index in [-0.39, 0.29) is 17.5 Å². The molecule has 1 fully saturated rings. The maximum absolute atomic E-state index is 12.6. The van der Waals surface area contributed by atoms with E-state index in [4.69, 9.17) is 16.3 Å². The number of benzene rings is 1. The van der Waals surface area contributed by atoms with Crippen molar-refractivity contribution in [3.8, 4) is 6.07 Å². The second-order valence-electron chi connectivity index (χ2n) is 6.75. The number of nitrogens with zero attached hydrogens (tertiary/aromatic N) is 3. The number of ether oxygens (including phenoxy) is 1. The first-order chi connectivity index (χ1) is 14.0. The molecular weight excluding hydrogens is 414 g/mol. The molecule has 1 aliphatic rings. The predicted molar refractivity (Wildman–Crippen MR) is 111 cm³/mol. The highest BCUT2D eigenvalue weighted by Crippen LogP contribution is 2.32. The van der Waals surface area contributed by atoms with E-state index >= 15 is 0 Å². The second-order valence-corrected chi connectivity index (χ2v) is 8.51. The Hall–Kier alpha value is -2.67. The van der Waals surface area contributed by atoms with Crippen molar-refractivity contribution in [1.29, 1.82) is 5.26 Å². The van der Waals surface area contributed by atoms with Crippen molar-refractivity contribution in [2.45, 2.75) is 17.4 Å². The van der Waals surface area contributed by atoms with E-state index in [1.54, 1.807) is 41.4 Å². The minimum absolute atomic E-state index is 0.261. The molecule has 1 aromatic carbocycles. The van der Waals surface area contributed by atoms with Crippen LogP contribution in [0.15, 0.2) is 40.2 Å². The number of aromatic amines is 1. The normalized spacial score (nSPS) is 20.3. The molecule has 0 spiro atoms. The SMILES string of the molecule is CS(=O)c1cc(Nc2nn(C3COCCC3C#N)c3cc[nH]c(=O)c23)ccc1Cl. The van der Waals surface area contributed by atoms with Crippen LogP contribution in [0.2, 0.25) is 5.02 Å². The van der Waals surface area contributed by atoms with Gasteiger partial charge in [-0.15, -0.1) is 0 Å². The monoisotopic (exact) mass is 431 g/mol. The number of nitrogens with one attached hydrogen (secondary N) is 2. The van der Waals surface area contributed by atoms with Crippen LogP contribution in [0, 0.1) is 17.2 Å². The zero-order chi connectivity index (χ0) is 20.5. The number of hydrogen-bond donors (Lipinski definition) is 2. The lowest BCUT2D eigenvalue weighted by Gasteiger charge is -2.27. The zero-order valence-corrected chi connectivity index (χ0v) is 17.1. The van der Waals surface area contributed by atoms with Gasteiger partial charge in [-0.3, -0.25) is 13.7 Å². The third kappa shape index (κ3) is 3.67. The first-order valence-corrected chi connectivity index (χ1v) is 10.9. The van der Waals surface area contributed by atoms with Gasteiger partial charge in [0.25, 0.3) is 5.56 Å². The average molecular weight is 432 g/mol. The third-order valence-electron chi connectivity index (χ3n) is 4.94. The van der Waals surface area contributed by atoms with E-state index < -0.39 is 10.8 Å². The van der Waals surface area contributed by atoms with Gasteiger partial charge < -0.3 is 15.0 Å². The van der Waals surface area contributed by atoms with Crippen LogP contribution in [0.5, 0.6) is 0 Å². The van der Waals surface area contributed by atoms with Crippen LogP contribution in [0.1, 0.15) is 12.5 Å². The molecule has 1 saturated heterocycles. The molecule has 3 atom stereocenters. The maximum Gasteiger partial charge on any atom is 0.261 e. The molecule has 2 aromatic heterocycles. The molecule has 29 heavy (non-hydrogen) atoms. The van der Waals surface area contributed by atoms with Gasteiger partial charge in [0.2, 0.25) is 0 Å². The molecule has 1 aliphatic heterocycles. The van der Waals surface area contributed by atoms with Crippen LogP contribution in [-0.4, -0.2) is 38.4 Å². The summed E-state index contributed by atoms with van der Waals surface area (Å²) in [7, 11) is -1.26. The topological polar surface area (TPSA) is 113 Å². The summed E-state index contributed by atoms with van der Waals surface area (Å²) in [6, 6.07) is 8.82. The van der Waals surface area contributed by atoms with Gasteiger partial charge in [-0.25, -0.2) is 0 Å². The Bertz CT molecular complexity index is 1200. The minimum Gasteiger partial charge on any atom is -0.379 e. The highest BCUT2D eigenvalue weighted by molar-refractivity contribution is 7.84. The molecule has 0 radical (unpaired) electrons. The lowest BCUT2D eigenvalue weighted by molar-refractivity contribution is 0.0359. The highest BCUT2D eigenvalue weighted by atomic mass is 35.5. The average Bonchev–Trinajstić information content (AvgIpc) is 3.08. The number of H-pyrrole nitrogens is 1. The summed E-state index contributed by atoms with van der Waals surface area (Å²) in [5.74, 6) is 0.0860. The third-order valence-corrected chi connectivity index (χ3v) is 6.34. The molecule has 3 heterocycles. The molecule has 0 amide bonds. The number of hydrogen-bond acceptors (Lipinski definition) is 6. The molecule has 2 N–H and O–H groups in total. The van der Waals surface area contributed by atoms with Crippen LogP contribution in [0.25, 0.3) is 10.9 Å². The Morgan fingerprint density at radius 1 is 1.45 bits per heavy atom. The Morgan fingerprint density at radius 2 is 2.28 bits per heavy atom. The molecule has 150 valence electrons. The zero-order valence-electron chi connectivity index (χ0n) is 15.5. The van der Waals surface area contributed by atoms with E-state index in [1.165, 1.54) is 0 Å². The number of fused-ring (bicyclic) bond motifs is 1. The van der Waals surface area contributed by atoms with Crippen LogP contribution >= 0.6 is 11.6 Å². The van der Waals surface area contributed by atoms with Gasteiger partial charge in [-0.1, -0.05) is 11.6 Å². The molecule has 3 aromatic rings. The van der Waals surface area contributed by atoms with Crippen molar-refractivity contribution < 1.29 is 8.95 Å². The van der Waals surface area contributed by atoms with Crippen molar-refractivity contribution in [3.05, 3.63) is 45.8 Å². The number of pyridine rings is 1. The summed E-state index contributed by atoms with van der Waals surface area (Å²) in [6.07, 6.45) is 3.71. The van der Waals surface area contributed by atoms with E-state index in [2.05, 4.69) is 21.5 Å². The molecule has 0 bridgehead atoms. The molecule has 0 aliphatic carbocycles. The largest absolute Gasteiger partial charge is 0.379 e. The standard InChI is InChI=1S/C19H18ClN5O3S/c1-29(27)16-8-12(2-3-13(16)20)23-18-17-14(4-6-22-19(17)26)25(24-18)15-10-28-7-5-11(15)9-21/h2-4,6,8,11,15H,5,7,10H2,1H3,(H,22,26)(H,23,24). The van der Waals surface area contributed by atoms with Crippen molar-refractivity contribution in [2.75, 3.05) is 24.8 Å². The van der Waals surface area contributed by atoms with Gasteiger partial charge >= 0.3 is 0 Å². The van der Waals surface area contributed by atoms with Gasteiger partial charge in [0.15, 0.2) is 5.82 Å². The summed E-state index contributed by atoms with van der Waals surface area (Å²) >= 11 is 6.11. The summed E-state index contributed by atoms with van der Waals surface area (Å²) < 4.78 is 19.1. The smallest absolute Gasteiger partial charge is 0.261 e. The number of rotatable bonds is 4. The lowest BCUT2D eigenvalue weighted by Crippen LogP contribution is -2.30. The quantitative estimate of drug-likeness (QED) is 0.656. The summed E-state index contributed by atoms with van der Waals surface area (Å²) in [5, 5.41) is 18.1. The van der Waals surface area contributed by atoms with E-state index in [0.717, 1.165) is 0 Å². The van der Waals surface area contributed by atoms with Crippen LogP contribution in [0.3, 0.4) is 0 Å². The molecular formula is C19H18ClN5O3S. The molecule has 4 rings (SSSR count). The molecule has 3 unspecified atom stereocenters. The molecule has 0 saturated carbocycles. The predicted octanol–water partition coefficient (Wildman–Crippen LogP) is 2.96. The summed E-state index contributed by atoms with van der Waals surface area (Å²) in [4.78, 5) is 15.7. The fourth-order valence-corrected chi connectivity index (χ4v) is 4.57. The van der Waals surface area contributed by atoms with Gasteiger partial charge in [0.05, 0.1) is 50.9 Å². The van der Waals surface area contributed by atoms with Crippen molar-refractivity contribution >= 4 is 44.8 Å². The summed E-state index contributed by atoms with van der Waals surface area (Å²) in [6.45, 7) is 0.877. The van der Waals surface area contributed by atoms with E-state index in [9.17, 15) is 14.3 Å². The fraction of sp³-hybridized carbons (Fsp3) is 0.316. The summed E-state index contributed by atoms with van der Waals surface area (Å²) in [5.41, 5.74) is 0.918. The number of anilines is 2. The maximum atomic E-state index is 12.6. The molecule has 8 nitrogen and oxygen atoms in total. The van der Waals surface area contributed by atoms with Crippen molar-refractivity contribution in [3.63, 3.8) is 0 Å². The second kappa shape index (κ2) is 7.99. The number of aromatic nitrogens is 3. The van der Waals surface area contributed by atoms with E-state index in [1.807, 2.05) is 0 Å². The number of nitriles is 1. The lowest BCUT2D eigenvalue weighted by atomic mass is 9.96. The van der Waals surface area contributed by atoms with Crippen molar-refractivity contribution in [2.24, 2.45) is 5.92 Å². The first-order valence-electron chi connectivity index (χ1n) is 8.97. The van der Waals surface area contributed by atoms with Crippen LogP contribution in [0.4, 0.5) is 11.5 Å². The van der Waals surface area contributed by atoms with Gasteiger partial charge in [-0.05, 0) is 30.7 Å². The molecule has 10 heteroatoms. The minimum atomic E-state index is -1.26. The Kier molecular flexibility index (Phi) is 5.41.